The summed E-state index contributed by atoms with van der Waals surface area (Å²) >= 11 is 0. The van der Waals surface area contributed by atoms with E-state index in [4.69, 9.17) is 0 Å². The zero-order valence-electron chi connectivity index (χ0n) is 13.7. The molecule has 0 bridgehead atoms. The summed E-state index contributed by atoms with van der Waals surface area (Å²) < 4.78 is 1.98. The minimum absolute atomic E-state index is 0.0172. The van der Waals surface area contributed by atoms with E-state index in [2.05, 4.69) is 29.1 Å². The van der Waals surface area contributed by atoms with Gasteiger partial charge in [-0.2, -0.15) is 0 Å². The van der Waals surface area contributed by atoms with Crippen LogP contribution >= 0.6 is 0 Å². The second kappa shape index (κ2) is 5.47. The van der Waals surface area contributed by atoms with Gasteiger partial charge in [0.2, 0.25) is 11.9 Å². The molecule has 0 atom stereocenters. The topological polar surface area (TPSA) is 59.8 Å². The average Bonchev–Trinajstić information content (AvgIpc) is 2.63. The van der Waals surface area contributed by atoms with Crippen LogP contribution in [-0.4, -0.2) is 20.4 Å². The number of amides is 1. The third kappa shape index (κ3) is 3.60. The van der Waals surface area contributed by atoms with Gasteiger partial charge in [0.25, 0.3) is 0 Å². The lowest BCUT2D eigenvalue weighted by Crippen LogP contribution is -2.22. The lowest BCUT2D eigenvalue weighted by molar-refractivity contribution is -0.117. The molecule has 0 radical (unpaired) electrons. The zero-order chi connectivity index (χ0) is 15.8. The highest BCUT2D eigenvalue weighted by atomic mass is 16.1. The largest absolute Gasteiger partial charge is 0.296 e. The number of hydrogen-bond acceptors (Lipinski definition) is 3. The number of rotatable bonds is 3. The fraction of sp³-hybridized carbons (Fsp3) is 0.562. The summed E-state index contributed by atoms with van der Waals surface area (Å²) in [5.74, 6) is 0.559. The first-order valence-electron chi connectivity index (χ1n) is 7.33. The quantitative estimate of drug-likeness (QED) is 0.937. The molecule has 114 valence electrons. The van der Waals surface area contributed by atoms with E-state index in [0.29, 0.717) is 12.4 Å². The van der Waals surface area contributed by atoms with E-state index in [1.54, 1.807) is 0 Å². The minimum Gasteiger partial charge on any atom is -0.296 e. The molecule has 5 heteroatoms. The molecule has 2 rings (SSSR count). The molecule has 0 spiro atoms. The molecule has 0 saturated carbocycles. The van der Waals surface area contributed by atoms with Crippen molar-refractivity contribution in [3.8, 4) is 0 Å². The van der Waals surface area contributed by atoms with Gasteiger partial charge in [-0.05, 0) is 38.3 Å². The Kier molecular flexibility index (Phi) is 4.03. The molecule has 0 fully saturated rings. The number of carbonyl (C=O) groups is 1. The van der Waals surface area contributed by atoms with Gasteiger partial charge in [-0.1, -0.05) is 20.8 Å². The third-order valence-electron chi connectivity index (χ3n) is 3.13. The van der Waals surface area contributed by atoms with Crippen LogP contribution in [0.4, 0.5) is 5.95 Å². The summed E-state index contributed by atoms with van der Waals surface area (Å²) in [5.41, 5.74) is 2.52. The SMILES string of the molecule is Cc1ccc2nc(NC(=O)CC(C)(C)C)n(C(C)C)c2n1. The summed E-state index contributed by atoms with van der Waals surface area (Å²) in [7, 11) is 0. The molecule has 2 aromatic rings. The Morgan fingerprint density at radius 1 is 1.29 bits per heavy atom. The van der Waals surface area contributed by atoms with Crippen LogP contribution in [0.25, 0.3) is 11.2 Å². The third-order valence-corrected chi connectivity index (χ3v) is 3.13. The van der Waals surface area contributed by atoms with Gasteiger partial charge in [0, 0.05) is 18.2 Å². The van der Waals surface area contributed by atoms with E-state index in [-0.39, 0.29) is 17.4 Å². The molecule has 0 aromatic carbocycles. The van der Waals surface area contributed by atoms with Crippen molar-refractivity contribution in [2.75, 3.05) is 5.32 Å². The van der Waals surface area contributed by atoms with Crippen LogP contribution in [0.5, 0.6) is 0 Å². The fourth-order valence-electron chi connectivity index (χ4n) is 2.30. The number of imidazole rings is 1. The fourth-order valence-corrected chi connectivity index (χ4v) is 2.30. The van der Waals surface area contributed by atoms with E-state index < -0.39 is 0 Å². The molecule has 5 nitrogen and oxygen atoms in total. The highest BCUT2D eigenvalue weighted by Crippen LogP contribution is 2.25. The molecule has 0 saturated heterocycles. The second-order valence-corrected chi connectivity index (χ2v) is 6.98. The van der Waals surface area contributed by atoms with E-state index >= 15 is 0 Å². The second-order valence-electron chi connectivity index (χ2n) is 6.98. The number of hydrogen-bond donors (Lipinski definition) is 1. The van der Waals surface area contributed by atoms with Crippen LogP contribution < -0.4 is 5.32 Å². The molecule has 1 amide bonds. The minimum atomic E-state index is -0.0480. The molecule has 1 N–H and O–H groups in total. The van der Waals surface area contributed by atoms with Gasteiger partial charge < -0.3 is 0 Å². The number of aryl methyl sites for hydroxylation is 1. The van der Waals surface area contributed by atoms with Gasteiger partial charge in [0.15, 0.2) is 5.65 Å². The van der Waals surface area contributed by atoms with Crippen molar-refractivity contribution in [1.82, 2.24) is 14.5 Å². The van der Waals surface area contributed by atoms with Crippen molar-refractivity contribution in [2.24, 2.45) is 5.41 Å². The lowest BCUT2D eigenvalue weighted by Gasteiger charge is -2.18. The van der Waals surface area contributed by atoms with Gasteiger partial charge in [-0.3, -0.25) is 14.7 Å². The molecule has 0 aliphatic carbocycles. The molecule has 0 aliphatic rings. The lowest BCUT2D eigenvalue weighted by atomic mass is 9.92. The van der Waals surface area contributed by atoms with Crippen LogP contribution in [0.15, 0.2) is 12.1 Å². The number of pyridine rings is 1. The molecular weight excluding hydrogens is 264 g/mol. The Morgan fingerprint density at radius 2 is 1.95 bits per heavy atom. The maximum Gasteiger partial charge on any atom is 0.227 e. The number of fused-ring (bicyclic) bond motifs is 1. The summed E-state index contributed by atoms with van der Waals surface area (Å²) in [6.45, 7) is 12.2. The van der Waals surface area contributed by atoms with E-state index in [1.165, 1.54) is 0 Å². The standard InChI is InChI=1S/C16H24N4O/c1-10(2)20-14-12(8-7-11(3)17-14)18-15(20)19-13(21)9-16(4,5)6/h7-8,10H,9H2,1-6H3,(H,18,19,21). The van der Waals surface area contributed by atoms with Crippen molar-refractivity contribution in [2.45, 2.75) is 54.0 Å². The van der Waals surface area contributed by atoms with Crippen molar-refractivity contribution < 1.29 is 4.79 Å². The normalized spacial score (nSPS) is 12.1. The van der Waals surface area contributed by atoms with Crippen LogP contribution in [0.1, 0.15) is 52.8 Å². The Hall–Kier alpha value is -1.91. The van der Waals surface area contributed by atoms with Crippen molar-refractivity contribution >= 4 is 23.0 Å². The van der Waals surface area contributed by atoms with Crippen LogP contribution in [0.3, 0.4) is 0 Å². The van der Waals surface area contributed by atoms with Crippen molar-refractivity contribution in [3.63, 3.8) is 0 Å². The highest BCUT2D eigenvalue weighted by molar-refractivity contribution is 5.91. The Labute approximate surface area is 125 Å². The molecular formula is C16H24N4O. The van der Waals surface area contributed by atoms with Crippen LogP contribution in [0, 0.1) is 12.3 Å². The van der Waals surface area contributed by atoms with Gasteiger partial charge in [0.05, 0.1) is 0 Å². The Balaban J connectivity index is 2.39. The zero-order valence-corrected chi connectivity index (χ0v) is 13.7. The highest BCUT2D eigenvalue weighted by Gasteiger charge is 2.20. The van der Waals surface area contributed by atoms with Crippen molar-refractivity contribution in [3.05, 3.63) is 17.8 Å². The first kappa shape index (κ1) is 15.5. The summed E-state index contributed by atoms with van der Waals surface area (Å²) in [5, 5.41) is 2.93. The van der Waals surface area contributed by atoms with Crippen molar-refractivity contribution in [1.29, 1.82) is 0 Å². The monoisotopic (exact) mass is 288 g/mol. The van der Waals surface area contributed by atoms with Gasteiger partial charge in [-0.15, -0.1) is 0 Å². The van der Waals surface area contributed by atoms with E-state index in [0.717, 1.165) is 16.9 Å². The smallest absolute Gasteiger partial charge is 0.227 e. The van der Waals surface area contributed by atoms with Gasteiger partial charge in [0.1, 0.15) is 5.52 Å². The molecule has 21 heavy (non-hydrogen) atoms. The Morgan fingerprint density at radius 3 is 2.52 bits per heavy atom. The molecule has 0 aliphatic heterocycles. The van der Waals surface area contributed by atoms with Gasteiger partial charge in [-0.25, -0.2) is 9.97 Å². The number of nitrogens with one attached hydrogen (secondary N) is 1. The number of nitrogens with zero attached hydrogens (tertiary/aromatic N) is 3. The first-order valence-corrected chi connectivity index (χ1v) is 7.33. The van der Waals surface area contributed by atoms with E-state index in [9.17, 15) is 4.79 Å². The first-order chi connectivity index (χ1) is 9.67. The molecule has 2 heterocycles. The predicted octanol–water partition coefficient (Wildman–Crippen LogP) is 3.70. The summed E-state index contributed by atoms with van der Waals surface area (Å²) in [6, 6.07) is 4.05. The number of aromatic nitrogens is 3. The summed E-state index contributed by atoms with van der Waals surface area (Å²) in [4.78, 5) is 21.2. The number of carbonyl (C=O) groups excluding carboxylic acids is 1. The molecule has 2 aromatic heterocycles. The Bertz CT molecular complexity index is 665. The van der Waals surface area contributed by atoms with Crippen LogP contribution in [-0.2, 0) is 4.79 Å². The maximum absolute atomic E-state index is 12.2. The predicted molar refractivity (Wildman–Crippen MR) is 85.4 cm³/mol. The summed E-state index contributed by atoms with van der Waals surface area (Å²) in [6.07, 6.45) is 0.459. The van der Waals surface area contributed by atoms with Gasteiger partial charge >= 0.3 is 0 Å². The maximum atomic E-state index is 12.2. The van der Waals surface area contributed by atoms with E-state index in [1.807, 2.05) is 44.4 Å². The number of anilines is 1. The average molecular weight is 288 g/mol. The molecule has 0 unspecified atom stereocenters. The van der Waals surface area contributed by atoms with Crippen LogP contribution in [0.2, 0.25) is 0 Å².